The van der Waals surface area contributed by atoms with E-state index in [1.54, 1.807) is 25.5 Å². The first-order valence-electron chi connectivity index (χ1n) is 7.77. The SMILES string of the molecule is Cc1cc(=O)n(CC(=O)NCc2cccnc2-c2cccnc2)cn1. The molecule has 0 saturated carbocycles. The summed E-state index contributed by atoms with van der Waals surface area (Å²) in [5, 5.41) is 2.81. The van der Waals surface area contributed by atoms with Crippen molar-refractivity contribution < 1.29 is 4.79 Å². The maximum absolute atomic E-state index is 12.1. The van der Waals surface area contributed by atoms with Crippen LogP contribution in [-0.4, -0.2) is 25.4 Å². The lowest BCUT2D eigenvalue weighted by atomic mass is 10.1. The van der Waals surface area contributed by atoms with Crippen molar-refractivity contribution in [2.75, 3.05) is 0 Å². The number of nitrogens with zero attached hydrogens (tertiary/aromatic N) is 4. The zero-order chi connectivity index (χ0) is 17.6. The number of amides is 1. The Hall–Kier alpha value is -3.35. The van der Waals surface area contributed by atoms with Gasteiger partial charge in [-0.1, -0.05) is 6.07 Å². The zero-order valence-corrected chi connectivity index (χ0v) is 13.7. The minimum Gasteiger partial charge on any atom is -0.350 e. The second-order valence-electron chi connectivity index (χ2n) is 5.53. The lowest BCUT2D eigenvalue weighted by molar-refractivity contribution is -0.121. The number of nitrogens with one attached hydrogen (secondary N) is 1. The number of aromatic nitrogens is 4. The highest BCUT2D eigenvalue weighted by molar-refractivity contribution is 5.76. The molecule has 0 aliphatic heterocycles. The summed E-state index contributed by atoms with van der Waals surface area (Å²) in [4.78, 5) is 36.5. The monoisotopic (exact) mass is 335 g/mol. The Kier molecular flexibility index (Phi) is 4.94. The second kappa shape index (κ2) is 7.48. The molecule has 7 nitrogen and oxygen atoms in total. The van der Waals surface area contributed by atoms with Crippen LogP contribution in [0.4, 0.5) is 0 Å². The van der Waals surface area contributed by atoms with Gasteiger partial charge in [-0.2, -0.15) is 0 Å². The first-order chi connectivity index (χ1) is 12.1. The van der Waals surface area contributed by atoms with Crippen LogP contribution in [0.5, 0.6) is 0 Å². The van der Waals surface area contributed by atoms with Gasteiger partial charge in [0.25, 0.3) is 5.56 Å². The molecule has 0 aliphatic carbocycles. The fraction of sp³-hybridized carbons (Fsp3) is 0.167. The van der Waals surface area contributed by atoms with Crippen LogP contribution in [0.3, 0.4) is 0 Å². The molecule has 0 aromatic carbocycles. The van der Waals surface area contributed by atoms with E-state index in [-0.39, 0.29) is 18.0 Å². The molecule has 1 amide bonds. The van der Waals surface area contributed by atoms with Crippen molar-refractivity contribution in [3.8, 4) is 11.3 Å². The Balaban J connectivity index is 1.70. The number of rotatable bonds is 5. The van der Waals surface area contributed by atoms with Crippen molar-refractivity contribution in [3.63, 3.8) is 0 Å². The summed E-state index contributed by atoms with van der Waals surface area (Å²) in [6, 6.07) is 8.86. The van der Waals surface area contributed by atoms with E-state index < -0.39 is 0 Å². The zero-order valence-electron chi connectivity index (χ0n) is 13.7. The highest BCUT2D eigenvalue weighted by atomic mass is 16.2. The molecule has 0 spiro atoms. The Morgan fingerprint density at radius 2 is 2.04 bits per heavy atom. The van der Waals surface area contributed by atoms with Gasteiger partial charge in [0.05, 0.1) is 12.0 Å². The van der Waals surface area contributed by atoms with Crippen LogP contribution in [-0.2, 0) is 17.9 Å². The molecule has 0 fully saturated rings. The number of hydrogen-bond donors (Lipinski definition) is 1. The third-order valence-electron chi connectivity index (χ3n) is 3.63. The highest BCUT2D eigenvalue weighted by Crippen LogP contribution is 2.19. The summed E-state index contributed by atoms with van der Waals surface area (Å²) < 4.78 is 1.27. The summed E-state index contributed by atoms with van der Waals surface area (Å²) in [6.45, 7) is 1.97. The van der Waals surface area contributed by atoms with E-state index in [0.717, 1.165) is 16.8 Å². The first kappa shape index (κ1) is 16.5. The number of pyridine rings is 2. The van der Waals surface area contributed by atoms with Crippen LogP contribution in [0, 0.1) is 6.92 Å². The molecule has 0 bridgehead atoms. The molecule has 0 saturated heterocycles. The highest BCUT2D eigenvalue weighted by Gasteiger charge is 2.09. The quantitative estimate of drug-likeness (QED) is 0.759. The van der Waals surface area contributed by atoms with Gasteiger partial charge < -0.3 is 5.32 Å². The summed E-state index contributed by atoms with van der Waals surface area (Å²) in [6.07, 6.45) is 6.50. The lowest BCUT2D eigenvalue weighted by Gasteiger charge is -2.10. The van der Waals surface area contributed by atoms with E-state index in [1.165, 1.54) is 17.0 Å². The first-order valence-corrected chi connectivity index (χ1v) is 7.77. The normalized spacial score (nSPS) is 10.4. The van der Waals surface area contributed by atoms with Crippen molar-refractivity contribution >= 4 is 5.91 Å². The number of hydrogen-bond acceptors (Lipinski definition) is 5. The number of aryl methyl sites for hydroxylation is 1. The average molecular weight is 335 g/mol. The molecule has 0 unspecified atom stereocenters. The van der Waals surface area contributed by atoms with E-state index in [1.807, 2.05) is 24.3 Å². The predicted octanol–water partition coefficient (Wildman–Crippen LogP) is 1.33. The molecule has 3 aromatic heterocycles. The van der Waals surface area contributed by atoms with Gasteiger partial charge in [-0.15, -0.1) is 0 Å². The molecule has 0 aliphatic rings. The van der Waals surface area contributed by atoms with E-state index in [9.17, 15) is 9.59 Å². The molecule has 25 heavy (non-hydrogen) atoms. The van der Waals surface area contributed by atoms with Crippen LogP contribution in [0.25, 0.3) is 11.3 Å². The minimum absolute atomic E-state index is 0.0748. The molecule has 3 heterocycles. The number of carbonyl (C=O) groups is 1. The van der Waals surface area contributed by atoms with Crippen molar-refractivity contribution in [2.24, 2.45) is 0 Å². The Morgan fingerprint density at radius 1 is 1.20 bits per heavy atom. The van der Waals surface area contributed by atoms with Gasteiger partial charge in [-0.3, -0.25) is 24.1 Å². The topological polar surface area (TPSA) is 89.8 Å². The van der Waals surface area contributed by atoms with Crippen LogP contribution < -0.4 is 10.9 Å². The molecule has 3 aromatic rings. The van der Waals surface area contributed by atoms with Gasteiger partial charge >= 0.3 is 0 Å². The third-order valence-corrected chi connectivity index (χ3v) is 3.63. The minimum atomic E-state index is -0.270. The fourth-order valence-corrected chi connectivity index (χ4v) is 2.38. The van der Waals surface area contributed by atoms with Crippen LogP contribution in [0.2, 0.25) is 0 Å². The van der Waals surface area contributed by atoms with Crippen LogP contribution in [0.1, 0.15) is 11.3 Å². The Morgan fingerprint density at radius 3 is 2.80 bits per heavy atom. The molecule has 1 N–H and O–H groups in total. The summed E-state index contributed by atoms with van der Waals surface area (Å²) >= 11 is 0. The standard InChI is InChI=1S/C18H17N5O2/c1-13-8-17(25)23(12-22-13)11-16(24)21-10-15-5-3-7-20-18(15)14-4-2-6-19-9-14/h2-9,12H,10-11H2,1H3,(H,21,24). The summed E-state index contributed by atoms with van der Waals surface area (Å²) in [5.41, 5.74) is 2.90. The van der Waals surface area contributed by atoms with Gasteiger partial charge in [0.2, 0.25) is 5.91 Å². The lowest BCUT2D eigenvalue weighted by Crippen LogP contribution is -2.32. The third kappa shape index (κ3) is 4.14. The van der Waals surface area contributed by atoms with Crippen molar-refractivity contribution in [1.29, 1.82) is 0 Å². The van der Waals surface area contributed by atoms with E-state index >= 15 is 0 Å². The van der Waals surface area contributed by atoms with Gasteiger partial charge in [0.15, 0.2) is 0 Å². The maximum Gasteiger partial charge on any atom is 0.253 e. The van der Waals surface area contributed by atoms with Crippen LogP contribution in [0.15, 0.2) is 60.0 Å². The second-order valence-corrected chi connectivity index (χ2v) is 5.53. The smallest absolute Gasteiger partial charge is 0.253 e. The Labute approximate surface area is 144 Å². The fourth-order valence-electron chi connectivity index (χ4n) is 2.38. The maximum atomic E-state index is 12.1. The molecular formula is C18H17N5O2. The molecule has 126 valence electrons. The average Bonchev–Trinajstić information content (AvgIpc) is 2.63. The Bertz CT molecular complexity index is 937. The van der Waals surface area contributed by atoms with Gasteiger partial charge in [-0.05, 0) is 30.7 Å². The van der Waals surface area contributed by atoms with Crippen molar-refractivity contribution in [3.05, 3.63) is 76.9 Å². The van der Waals surface area contributed by atoms with E-state index in [4.69, 9.17) is 0 Å². The predicted molar refractivity (Wildman–Crippen MR) is 92.5 cm³/mol. The van der Waals surface area contributed by atoms with E-state index in [0.29, 0.717) is 12.2 Å². The molecule has 3 rings (SSSR count). The van der Waals surface area contributed by atoms with Gasteiger partial charge in [0, 0.05) is 42.5 Å². The van der Waals surface area contributed by atoms with Crippen molar-refractivity contribution in [2.45, 2.75) is 20.0 Å². The van der Waals surface area contributed by atoms with Crippen molar-refractivity contribution in [1.82, 2.24) is 24.8 Å². The summed E-state index contributed by atoms with van der Waals surface area (Å²) in [5.74, 6) is -0.270. The largest absolute Gasteiger partial charge is 0.350 e. The van der Waals surface area contributed by atoms with Gasteiger partial charge in [0.1, 0.15) is 6.54 Å². The molecule has 0 radical (unpaired) electrons. The van der Waals surface area contributed by atoms with Gasteiger partial charge in [-0.25, -0.2) is 4.98 Å². The molecular weight excluding hydrogens is 318 g/mol. The number of carbonyl (C=O) groups excluding carboxylic acids is 1. The van der Waals surface area contributed by atoms with Crippen LogP contribution >= 0.6 is 0 Å². The van der Waals surface area contributed by atoms with E-state index in [2.05, 4.69) is 20.3 Å². The molecule has 7 heteroatoms. The molecule has 0 atom stereocenters. The summed E-state index contributed by atoms with van der Waals surface area (Å²) in [7, 11) is 0.